The van der Waals surface area contributed by atoms with Gasteiger partial charge in [0.1, 0.15) is 6.04 Å². The molecule has 1 saturated heterocycles. The lowest BCUT2D eigenvalue weighted by molar-refractivity contribution is -0.125. The summed E-state index contributed by atoms with van der Waals surface area (Å²) in [5.74, 6) is -0.321. The summed E-state index contributed by atoms with van der Waals surface area (Å²) < 4.78 is 23.4. The Hall–Kier alpha value is -0.700. The van der Waals surface area contributed by atoms with Crippen LogP contribution in [0.15, 0.2) is 0 Å². The molecule has 0 spiro atoms. The van der Waals surface area contributed by atoms with Gasteiger partial charge in [-0.1, -0.05) is 0 Å². The maximum Gasteiger partial charge on any atom is 0.277 e. The van der Waals surface area contributed by atoms with Gasteiger partial charge in [-0.3, -0.25) is 4.79 Å². The van der Waals surface area contributed by atoms with Crippen LogP contribution in [-0.4, -0.2) is 50.9 Å². The summed E-state index contributed by atoms with van der Waals surface area (Å²) in [6.45, 7) is 3.26. The van der Waals surface area contributed by atoms with Crippen LogP contribution in [0.4, 0.5) is 0 Å². The van der Waals surface area contributed by atoms with Gasteiger partial charge in [0.05, 0.1) is 0 Å². The van der Waals surface area contributed by atoms with Gasteiger partial charge in [0.25, 0.3) is 10.2 Å². The van der Waals surface area contributed by atoms with E-state index in [1.807, 2.05) is 0 Å². The van der Waals surface area contributed by atoms with E-state index >= 15 is 0 Å². The fraction of sp³-hybridized carbons (Fsp3) is 0.857. The Kier molecular flexibility index (Phi) is 4.03. The maximum absolute atomic E-state index is 11.5. The van der Waals surface area contributed by atoms with E-state index in [2.05, 4.69) is 10.6 Å². The average Bonchev–Trinajstić information content (AvgIpc) is 2.17. The Labute approximate surface area is 89.2 Å². The first kappa shape index (κ1) is 12.4. The number of carbonyl (C=O) groups excluding carboxylic acids is 1. The third kappa shape index (κ3) is 3.13. The number of amides is 1. The number of likely N-dealkylation sites (N-methyl/N-ethyl adjacent to an activating group) is 1. The second kappa shape index (κ2) is 4.88. The van der Waals surface area contributed by atoms with Gasteiger partial charge in [-0.15, -0.1) is 0 Å². The lowest BCUT2D eigenvalue weighted by Gasteiger charge is -2.32. The van der Waals surface area contributed by atoms with Gasteiger partial charge in [0.15, 0.2) is 0 Å². The fourth-order valence-electron chi connectivity index (χ4n) is 1.51. The quantitative estimate of drug-likeness (QED) is 0.508. The van der Waals surface area contributed by atoms with Crippen LogP contribution in [0.5, 0.6) is 0 Å². The van der Waals surface area contributed by atoms with E-state index in [0.717, 1.165) is 4.31 Å². The van der Waals surface area contributed by atoms with Crippen LogP contribution in [0.1, 0.15) is 6.92 Å². The van der Waals surface area contributed by atoms with Crippen molar-refractivity contribution in [3.05, 3.63) is 0 Å². The molecule has 1 heterocycles. The minimum atomic E-state index is -3.81. The Morgan fingerprint density at radius 3 is 2.87 bits per heavy atom. The number of carbonyl (C=O) groups is 1. The van der Waals surface area contributed by atoms with Gasteiger partial charge in [-0.25, -0.2) is 5.14 Å². The van der Waals surface area contributed by atoms with Gasteiger partial charge in [0.2, 0.25) is 5.91 Å². The summed E-state index contributed by atoms with van der Waals surface area (Å²) in [7, 11) is -3.81. The van der Waals surface area contributed by atoms with Gasteiger partial charge in [-0.2, -0.15) is 12.7 Å². The second-order valence-corrected chi connectivity index (χ2v) is 4.77. The SMILES string of the molecule is CCNC(=O)C1CNCCN1S(N)(=O)=O. The van der Waals surface area contributed by atoms with Crippen LogP contribution in [0.2, 0.25) is 0 Å². The number of hydrogen-bond donors (Lipinski definition) is 3. The molecule has 15 heavy (non-hydrogen) atoms. The third-order valence-corrected chi connectivity index (χ3v) is 3.27. The zero-order chi connectivity index (χ0) is 11.5. The van der Waals surface area contributed by atoms with Crippen molar-refractivity contribution in [2.24, 2.45) is 5.14 Å². The number of nitrogens with zero attached hydrogens (tertiary/aromatic N) is 1. The second-order valence-electron chi connectivity index (χ2n) is 3.27. The smallest absolute Gasteiger partial charge is 0.277 e. The first-order valence-corrected chi connectivity index (χ1v) is 6.25. The van der Waals surface area contributed by atoms with Crippen LogP contribution in [0, 0.1) is 0 Å². The molecule has 0 radical (unpaired) electrons. The maximum atomic E-state index is 11.5. The van der Waals surface area contributed by atoms with Crippen molar-refractivity contribution in [1.82, 2.24) is 14.9 Å². The largest absolute Gasteiger partial charge is 0.355 e. The summed E-state index contributed by atoms with van der Waals surface area (Å²) in [4.78, 5) is 11.5. The Balaban J connectivity index is 2.79. The highest BCUT2D eigenvalue weighted by molar-refractivity contribution is 7.86. The first-order valence-electron chi connectivity index (χ1n) is 4.74. The fourth-order valence-corrected chi connectivity index (χ4v) is 2.38. The van der Waals surface area contributed by atoms with Crippen molar-refractivity contribution < 1.29 is 13.2 Å². The van der Waals surface area contributed by atoms with E-state index < -0.39 is 16.3 Å². The van der Waals surface area contributed by atoms with E-state index in [9.17, 15) is 13.2 Å². The van der Waals surface area contributed by atoms with Crippen molar-refractivity contribution in [3.8, 4) is 0 Å². The van der Waals surface area contributed by atoms with Gasteiger partial charge in [-0.05, 0) is 6.92 Å². The van der Waals surface area contributed by atoms with Crippen LogP contribution in [-0.2, 0) is 15.0 Å². The lowest BCUT2D eigenvalue weighted by Crippen LogP contribution is -2.60. The van der Waals surface area contributed by atoms with E-state index in [1.54, 1.807) is 6.92 Å². The molecular weight excluding hydrogens is 220 g/mol. The molecule has 8 heteroatoms. The van der Waals surface area contributed by atoms with E-state index in [0.29, 0.717) is 19.6 Å². The van der Waals surface area contributed by atoms with E-state index in [1.165, 1.54) is 0 Å². The molecule has 0 bridgehead atoms. The van der Waals surface area contributed by atoms with Gasteiger partial charge in [0, 0.05) is 26.2 Å². The predicted octanol–water partition coefficient (Wildman–Crippen LogP) is -2.40. The Morgan fingerprint density at radius 2 is 2.33 bits per heavy atom. The highest BCUT2D eigenvalue weighted by Gasteiger charge is 2.34. The summed E-state index contributed by atoms with van der Waals surface area (Å²) in [5.41, 5.74) is 0. The molecule has 7 nitrogen and oxygen atoms in total. The molecule has 1 atom stereocenters. The standard InChI is InChI=1S/C7H16N4O3S/c1-2-10-7(12)6-5-9-3-4-11(6)15(8,13)14/h6,9H,2-5H2,1H3,(H,10,12)(H2,8,13,14). The molecule has 4 N–H and O–H groups in total. The molecule has 0 aromatic heterocycles. The predicted molar refractivity (Wildman–Crippen MR) is 55.2 cm³/mol. The molecule has 0 aromatic rings. The van der Waals surface area contributed by atoms with Crippen molar-refractivity contribution in [3.63, 3.8) is 0 Å². The van der Waals surface area contributed by atoms with Crippen molar-refractivity contribution in [2.75, 3.05) is 26.2 Å². The van der Waals surface area contributed by atoms with Crippen LogP contribution < -0.4 is 15.8 Å². The van der Waals surface area contributed by atoms with Crippen molar-refractivity contribution in [1.29, 1.82) is 0 Å². The third-order valence-electron chi connectivity index (χ3n) is 2.17. The van der Waals surface area contributed by atoms with Crippen LogP contribution >= 0.6 is 0 Å². The molecule has 1 amide bonds. The van der Waals surface area contributed by atoms with E-state index in [4.69, 9.17) is 5.14 Å². The zero-order valence-corrected chi connectivity index (χ0v) is 9.38. The molecular formula is C7H16N4O3S. The number of nitrogens with two attached hydrogens (primary N) is 1. The monoisotopic (exact) mass is 236 g/mol. The minimum absolute atomic E-state index is 0.223. The van der Waals surface area contributed by atoms with Gasteiger partial charge >= 0.3 is 0 Å². The normalized spacial score (nSPS) is 23.7. The summed E-state index contributed by atoms with van der Waals surface area (Å²) in [6.07, 6.45) is 0. The molecule has 1 fully saturated rings. The summed E-state index contributed by atoms with van der Waals surface area (Å²) >= 11 is 0. The molecule has 1 aliphatic rings. The van der Waals surface area contributed by atoms with Crippen molar-refractivity contribution in [2.45, 2.75) is 13.0 Å². The number of nitrogens with one attached hydrogen (secondary N) is 2. The van der Waals surface area contributed by atoms with Crippen molar-refractivity contribution >= 4 is 16.1 Å². The highest BCUT2D eigenvalue weighted by atomic mass is 32.2. The zero-order valence-electron chi connectivity index (χ0n) is 8.56. The van der Waals surface area contributed by atoms with E-state index in [-0.39, 0.29) is 12.5 Å². The number of piperazine rings is 1. The molecule has 1 aliphatic heterocycles. The molecule has 1 rings (SSSR count). The Bertz CT molecular complexity index is 329. The van der Waals surface area contributed by atoms with Crippen LogP contribution in [0.25, 0.3) is 0 Å². The molecule has 1 unspecified atom stereocenters. The summed E-state index contributed by atoms with van der Waals surface area (Å²) in [6, 6.07) is -0.742. The van der Waals surface area contributed by atoms with Crippen LogP contribution in [0.3, 0.4) is 0 Å². The molecule has 0 aliphatic carbocycles. The lowest BCUT2D eigenvalue weighted by atomic mass is 10.2. The highest BCUT2D eigenvalue weighted by Crippen LogP contribution is 2.06. The Morgan fingerprint density at radius 1 is 1.67 bits per heavy atom. The number of hydrogen-bond acceptors (Lipinski definition) is 4. The molecule has 0 saturated carbocycles. The summed E-state index contributed by atoms with van der Waals surface area (Å²) in [5, 5.41) is 10.6. The topological polar surface area (TPSA) is 105 Å². The molecule has 88 valence electrons. The first-order chi connectivity index (χ1) is 6.96. The minimum Gasteiger partial charge on any atom is -0.355 e. The average molecular weight is 236 g/mol. The molecule has 0 aromatic carbocycles. The number of rotatable bonds is 3. The van der Waals surface area contributed by atoms with Gasteiger partial charge < -0.3 is 10.6 Å².